The molecule has 3 aromatic rings. The number of rotatable bonds is 5. The number of nitrogens with one attached hydrogen (secondary N) is 1. The van der Waals surface area contributed by atoms with E-state index in [0.717, 1.165) is 33.7 Å². The first-order valence-corrected chi connectivity index (χ1v) is 14.9. The number of nitrogens with zero attached hydrogens (tertiary/aromatic N) is 5. The van der Waals surface area contributed by atoms with Gasteiger partial charge in [-0.3, -0.25) is 9.88 Å². The van der Waals surface area contributed by atoms with Crippen LogP contribution in [0.4, 0.5) is 9.59 Å². The van der Waals surface area contributed by atoms with E-state index in [2.05, 4.69) is 21.3 Å². The van der Waals surface area contributed by atoms with Crippen LogP contribution in [0.5, 0.6) is 0 Å². The lowest BCUT2D eigenvalue weighted by atomic mass is 9.90. The number of hydrogen-bond donors (Lipinski definition) is 1. The molecule has 0 saturated carbocycles. The van der Waals surface area contributed by atoms with Crippen LogP contribution in [0.3, 0.4) is 0 Å². The first-order chi connectivity index (χ1) is 20.4. The van der Waals surface area contributed by atoms with Gasteiger partial charge in [0.25, 0.3) is 0 Å². The predicted molar refractivity (Wildman–Crippen MR) is 165 cm³/mol. The third kappa shape index (κ3) is 6.86. The zero-order valence-electron chi connectivity index (χ0n) is 25.5. The normalized spacial score (nSPS) is 17.8. The lowest BCUT2D eigenvalue weighted by molar-refractivity contribution is 0.0118. The molecule has 2 amide bonds. The standard InChI is InChI=1S/C32H39ClN6O4/c1-20(2)42-30(40)36-28(26-18-34-19-37(26)6)25-16-21-8-7-11-35-27(21)29(23-10-9-22(33)17-24(23)25)38-12-14-39(15-13-38)31(41)43-32(3,4)5/h7-11,16-20,28-29H,12-15H2,1-6H3,(H,36,40). The quantitative estimate of drug-likeness (QED) is 0.389. The van der Waals surface area contributed by atoms with Gasteiger partial charge in [-0.1, -0.05) is 23.7 Å². The molecular formula is C32H39ClN6O4. The maximum absolute atomic E-state index is 13.0. The van der Waals surface area contributed by atoms with Gasteiger partial charge in [-0.25, -0.2) is 14.6 Å². The van der Waals surface area contributed by atoms with Crippen molar-refractivity contribution >= 4 is 35.4 Å². The Morgan fingerprint density at radius 3 is 2.51 bits per heavy atom. The van der Waals surface area contributed by atoms with Crippen molar-refractivity contribution in [2.45, 2.75) is 58.4 Å². The van der Waals surface area contributed by atoms with E-state index in [-0.39, 0.29) is 18.2 Å². The minimum atomic E-state index is -0.591. The Hall–Kier alpha value is -3.89. The van der Waals surface area contributed by atoms with Crippen LogP contribution in [0.2, 0.25) is 5.02 Å². The Kier molecular flexibility index (Phi) is 8.80. The lowest BCUT2D eigenvalue weighted by Crippen LogP contribution is -2.51. The molecule has 2 unspecified atom stereocenters. The fourth-order valence-corrected chi connectivity index (χ4v) is 5.78. The molecule has 0 radical (unpaired) electrons. The van der Waals surface area contributed by atoms with E-state index in [1.165, 1.54) is 0 Å². The third-order valence-corrected chi connectivity index (χ3v) is 7.69. The number of fused-ring (bicyclic) bond motifs is 2. The molecule has 43 heavy (non-hydrogen) atoms. The number of imidazole rings is 1. The Labute approximate surface area is 257 Å². The van der Waals surface area contributed by atoms with Gasteiger partial charge in [0.15, 0.2) is 0 Å². The van der Waals surface area contributed by atoms with Gasteiger partial charge in [-0.05, 0) is 81.2 Å². The van der Waals surface area contributed by atoms with Crippen LogP contribution in [0, 0.1) is 0 Å². The number of piperazine rings is 1. The predicted octanol–water partition coefficient (Wildman–Crippen LogP) is 5.84. The molecule has 3 heterocycles. The Balaban J connectivity index is 1.57. The summed E-state index contributed by atoms with van der Waals surface area (Å²) in [7, 11) is 1.89. The SMILES string of the molecule is CC(C)OC(=O)NC(C1=Cc2cccnc2C(N2CCN(C(=O)OC(C)(C)C)CC2)c2ccc(Cl)cc21)c1cncn1C. The fourth-order valence-electron chi connectivity index (χ4n) is 5.61. The first-order valence-electron chi connectivity index (χ1n) is 14.5. The molecule has 10 nitrogen and oxygen atoms in total. The molecule has 11 heteroatoms. The number of pyridine rings is 1. The van der Waals surface area contributed by atoms with Crippen LogP contribution in [-0.2, 0) is 16.5 Å². The zero-order chi connectivity index (χ0) is 30.9. The van der Waals surface area contributed by atoms with Crippen LogP contribution >= 0.6 is 11.6 Å². The molecule has 1 N–H and O–H groups in total. The second kappa shape index (κ2) is 12.4. The fraction of sp³-hybridized carbons (Fsp3) is 0.438. The van der Waals surface area contributed by atoms with Gasteiger partial charge >= 0.3 is 12.2 Å². The van der Waals surface area contributed by atoms with Crippen molar-refractivity contribution in [1.29, 1.82) is 0 Å². The molecule has 2 aromatic heterocycles. The Morgan fingerprint density at radius 2 is 1.86 bits per heavy atom. The Bertz CT molecular complexity index is 1520. The average molecular weight is 607 g/mol. The molecule has 2 aliphatic rings. The summed E-state index contributed by atoms with van der Waals surface area (Å²) < 4.78 is 13.0. The summed E-state index contributed by atoms with van der Waals surface area (Å²) >= 11 is 6.64. The number of hydrogen-bond acceptors (Lipinski definition) is 7. The van der Waals surface area contributed by atoms with Gasteiger partial charge in [0.2, 0.25) is 0 Å². The average Bonchev–Trinajstić information content (AvgIpc) is 3.30. The van der Waals surface area contributed by atoms with Crippen molar-refractivity contribution in [3.63, 3.8) is 0 Å². The molecule has 1 saturated heterocycles. The maximum Gasteiger partial charge on any atom is 0.410 e. The number of alkyl carbamates (subject to hydrolysis) is 1. The van der Waals surface area contributed by atoms with E-state index in [0.29, 0.717) is 31.2 Å². The van der Waals surface area contributed by atoms with Crippen LogP contribution in [-0.4, -0.2) is 74.4 Å². The molecule has 1 aliphatic carbocycles. The maximum atomic E-state index is 13.0. The number of aryl methyl sites for hydroxylation is 1. The highest BCUT2D eigenvalue weighted by atomic mass is 35.5. The van der Waals surface area contributed by atoms with Crippen LogP contribution in [0.25, 0.3) is 11.6 Å². The lowest BCUT2D eigenvalue weighted by Gasteiger charge is -2.40. The van der Waals surface area contributed by atoms with E-state index in [9.17, 15) is 9.59 Å². The van der Waals surface area contributed by atoms with Crippen LogP contribution < -0.4 is 5.32 Å². The highest BCUT2D eigenvalue weighted by molar-refractivity contribution is 6.30. The van der Waals surface area contributed by atoms with Crippen molar-refractivity contribution in [3.05, 3.63) is 82.2 Å². The van der Waals surface area contributed by atoms with Gasteiger partial charge in [0.05, 0.1) is 42.1 Å². The highest BCUT2D eigenvalue weighted by Crippen LogP contribution is 2.44. The van der Waals surface area contributed by atoms with E-state index in [4.69, 9.17) is 26.1 Å². The van der Waals surface area contributed by atoms with Gasteiger partial charge in [-0.15, -0.1) is 0 Å². The number of carbonyl (C=O) groups is 2. The number of carbonyl (C=O) groups excluding carboxylic acids is 2. The van der Waals surface area contributed by atoms with E-state index < -0.39 is 17.7 Å². The van der Waals surface area contributed by atoms with E-state index >= 15 is 0 Å². The second-order valence-corrected chi connectivity index (χ2v) is 12.6. The largest absolute Gasteiger partial charge is 0.447 e. The smallest absolute Gasteiger partial charge is 0.410 e. The third-order valence-electron chi connectivity index (χ3n) is 7.46. The summed E-state index contributed by atoms with van der Waals surface area (Å²) in [4.78, 5) is 39.1. The van der Waals surface area contributed by atoms with Crippen LogP contribution in [0.15, 0.2) is 49.1 Å². The first kappa shape index (κ1) is 30.6. The van der Waals surface area contributed by atoms with Crippen molar-refractivity contribution < 1.29 is 19.1 Å². The monoisotopic (exact) mass is 606 g/mol. The summed E-state index contributed by atoms with van der Waals surface area (Å²) in [5.74, 6) is 0. The summed E-state index contributed by atoms with van der Waals surface area (Å²) in [6.45, 7) is 11.5. The van der Waals surface area contributed by atoms with Gasteiger partial charge in [0, 0.05) is 44.4 Å². The number of halogens is 1. The van der Waals surface area contributed by atoms with Crippen molar-refractivity contribution in [2.75, 3.05) is 26.2 Å². The van der Waals surface area contributed by atoms with E-state index in [1.54, 1.807) is 23.6 Å². The molecule has 1 fully saturated rings. The molecule has 0 bridgehead atoms. The second-order valence-electron chi connectivity index (χ2n) is 12.2. The topological polar surface area (TPSA) is 102 Å². The Morgan fingerprint density at radius 1 is 1.12 bits per heavy atom. The summed E-state index contributed by atoms with van der Waals surface area (Å²) in [5, 5.41) is 3.66. The van der Waals surface area contributed by atoms with Crippen LogP contribution in [0.1, 0.15) is 74.8 Å². The molecule has 2 atom stereocenters. The van der Waals surface area contributed by atoms with Gasteiger partial charge < -0.3 is 24.3 Å². The van der Waals surface area contributed by atoms with E-state index in [1.807, 2.05) is 76.6 Å². The highest BCUT2D eigenvalue weighted by Gasteiger charge is 2.36. The summed E-state index contributed by atoms with van der Waals surface area (Å²) in [6.07, 6.45) is 6.20. The molecule has 5 rings (SSSR count). The van der Waals surface area contributed by atoms with Crippen molar-refractivity contribution in [3.8, 4) is 0 Å². The van der Waals surface area contributed by atoms with Crippen molar-refractivity contribution in [1.82, 2.24) is 29.7 Å². The van der Waals surface area contributed by atoms with Crippen molar-refractivity contribution in [2.24, 2.45) is 7.05 Å². The number of ether oxygens (including phenoxy) is 2. The number of amides is 2. The molecule has 1 aliphatic heterocycles. The number of benzene rings is 1. The molecule has 228 valence electrons. The summed E-state index contributed by atoms with van der Waals surface area (Å²) in [6, 6.07) is 9.00. The number of aromatic nitrogens is 3. The zero-order valence-corrected chi connectivity index (χ0v) is 26.3. The van der Waals surface area contributed by atoms with Gasteiger partial charge in [-0.2, -0.15) is 0 Å². The molecule has 1 aromatic carbocycles. The van der Waals surface area contributed by atoms with Gasteiger partial charge in [0.1, 0.15) is 5.60 Å². The molecular weight excluding hydrogens is 568 g/mol. The minimum Gasteiger partial charge on any atom is -0.447 e. The molecule has 0 spiro atoms. The minimum absolute atomic E-state index is 0.215. The summed E-state index contributed by atoms with van der Waals surface area (Å²) in [5.41, 5.74) is 4.78.